The number of ether oxygens (including phenoxy) is 3. The second-order valence-electron chi connectivity index (χ2n) is 3.63. The normalized spacial score (nSPS) is 19.4. The Bertz CT molecular complexity index is 400. The molecule has 0 aromatic heterocycles. The SMILES string of the molecule is COc1ccc([C@@H]2CCC(=O)O2)cc1OC. The molecule has 0 amide bonds. The Morgan fingerprint density at radius 1 is 1.25 bits per heavy atom. The molecule has 1 aliphatic rings. The maximum absolute atomic E-state index is 11.0. The van der Waals surface area contributed by atoms with Gasteiger partial charge in [-0.15, -0.1) is 0 Å². The molecule has 16 heavy (non-hydrogen) atoms. The summed E-state index contributed by atoms with van der Waals surface area (Å²) in [7, 11) is 3.18. The molecule has 1 fully saturated rings. The molecule has 0 bridgehead atoms. The van der Waals surface area contributed by atoms with E-state index in [1.54, 1.807) is 14.2 Å². The average Bonchev–Trinajstić information content (AvgIpc) is 2.75. The van der Waals surface area contributed by atoms with Crippen LogP contribution in [0.25, 0.3) is 0 Å². The van der Waals surface area contributed by atoms with E-state index in [1.807, 2.05) is 18.2 Å². The fourth-order valence-electron chi connectivity index (χ4n) is 1.81. The number of cyclic esters (lactones) is 1. The topological polar surface area (TPSA) is 44.8 Å². The van der Waals surface area contributed by atoms with E-state index >= 15 is 0 Å². The molecule has 0 spiro atoms. The number of benzene rings is 1. The summed E-state index contributed by atoms with van der Waals surface area (Å²) in [6.07, 6.45) is 1.07. The summed E-state index contributed by atoms with van der Waals surface area (Å²) in [6, 6.07) is 5.56. The van der Waals surface area contributed by atoms with E-state index in [0.717, 1.165) is 12.0 Å². The Labute approximate surface area is 94.1 Å². The monoisotopic (exact) mass is 222 g/mol. The summed E-state index contributed by atoms with van der Waals surface area (Å²) in [4.78, 5) is 11.0. The standard InChI is InChI=1S/C12H14O4/c1-14-10-4-3-8(7-11(10)15-2)9-5-6-12(13)16-9/h3-4,7,9H,5-6H2,1-2H3/t9-/m0/s1. The zero-order valence-electron chi connectivity index (χ0n) is 9.36. The summed E-state index contributed by atoms with van der Waals surface area (Å²) < 4.78 is 15.5. The van der Waals surface area contributed by atoms with Crippen molar-refractivity contribution in [2.75, 3.05) is 14.2 Å². The molecule has 0 unspecified atom stereocenters. The minimum atomic E-state index is -0.146. The molecular weight excluding hydrogens is 208 g/mol. The van der Waals surface area contributed by atoms with Crippen LogP contribution in [0, 0.1) is 0 Å². The molecule has 2 rings (SSSR count). The van der Waals surface area contributed by atoms with Gasteiger partial charge in [0.25, 0.3) is 0 Å². The molecule has 1 saturated heterocycles. The van der Waals surface area contributed by atoms with Gasteiger partial charge in [-0.05, 0) is 24.1 Å². The Morgan fingerprint density at radius 2 is 2.00 bits per heavy atom. The van der Waals surface area contributed by atoms with Crippen LogP contribution in [-0.2, 0) is 9.53 Å². The lowest BCUT2D eigenvalue weighted by Crippen LogP contribution is -2.00. The Morgan fingerprint density at radius 3 is 2.56 bits per heavy atom. The number of esters is 1. The third-order valence-corrected chi connectivity index (χ3v) is 2.66. The van der Waals surface area contributed by atoms with Crippen LogP contribution in [0.5, 0.6) is 11.5 Å². The fourth-order valence-corrected chi connectivity index (χ4v) is 1.81. The first-order valence-electron chi connectivity index (χ1n) is 5.16. The van der Waals surface area contributed by atoms with Crippen LogP contribution in [0.15, 0.2) is 18.2 Å². The van der Waals surface area contributed by atoms with Crippen molar-refractivity contribution in [1.29, 1.82) is 0 Å². The van der Waals surface area contributed by atoms with Gasteiger partial charge in [-0.2, -0.15) is 0 Å². The van der Waals surface area contributed by atoms with Gasteiger partial charge in [0, 0.05) is 6.42 Å². The minimum absolute atomic E-state index is 0.139. The van der Waals surface area contributed by atoms with Gasteiger partial charge in [-0.1, -0.05) is 6.07 Å². The number of methoxy groups -OCH3 is 2. The molecule has 0 saturated carbocycles. The van der Waals surface area contributed by atoms with E-state index in [9.17, 15) is 4.79 Å². The first-order chi connectivity index (χ1) is 7.74. The molecule has 4 nitrogen and oxygen atoms in total. The van der Waals surface area contributed by atoms with Crippen molar-refractivity contribution in [3.8, 4) is 11.5 Å². The summed E-state index contributed by atoms with van der Waals surface area (Å²) in [5.74, 6) is 1.19. The third kappa shape index (κ3) is 1.96. The lowest BCUT2D eigenvalue weighted by atomic mass is 10.1. The molecule has 1 atom stereocenters. The third-order valence-electron chi connectivity index (χ3n) is 2.66. The Kier molecular flexibility index (Phi) is 2.99. The van der Waals surface area contributed by atoms with Crippen molar-refractivity contribution in [2.45, 2.75) is 18.9 Å². The molecule has 1 heterocycles. The van der Waals surface area contributed by atoms with E-state index in [2.05, 4.69) is 0 Å². The van der Waals surface area contributed by atoms with Crippen molar-refractivity contribution in [3.05, 3.63) is 23.8 Å². The molecule has 86 valence electrons. The van der Waals surface area contributed by atoms with Gasteiger partial charge in [0.1, 0.15) is 6.10 Å². The largest absolute Gasteiger partial charge is 0.493 e. The smallest absolute Gasteiger partial charge is 0.306 e. The van der Waals surface area contributed by atoms with Crippen molar-refractivity contribution in [3.63, 3.8) is 0 Å². The van der Waals surface area contributed by atoms with Crippen LogP contribution in [-0.4, -0.2) is 20.2 Å². The fraction of sp³-hybridized carbons (Fsp3) is 0.417. The van der Waals surface area contributed by atoms with Crippen LogP contribution in [0.3, 0.4) is 0 Å². The summed E-state index contributed by atoms with van der Waals surface area (Å²) in [6.45, 7) is 0. The number of rotatable bonds is 3. The Balaban J connectivity index is 2.25. The lowest BCUT2D eigenvalue weighted by Gasteiger charge is -2.13. The summed E-state index contributed by atoms with van der Waals surface area (Å²) in [5, 5.41) is 0. The van der Waals surface area contributed by atoms with Gasteiger partial charge in [0.15, 0.2) is 11.5 Å². The second kappa shape index (κ2) is 4.43. The van der Waals surface area contributed by atoms with Crippen LogP contribution < -0.4 is 9.47 Å². The predicted octanol–water partition coefficient (Wildman–Crippen LogP) is 2.08. The minimum Gasteiger partial charge on any atom is -0.493 e. The maximum Gasteiger partial charge on any atom is 0.306 e. The number of hydrogen-bond acceptors (Lipinski definition) is 4. The van der Waals surface area contributed by atoms with E-state index in [-0.39, 0.29) is 12.1 Å². The van der Waals surface area contributed by atoms with Crippen LogP contribution in [0.2, 0.25) is 0 Å². The molecular formula is C12H14O4. The lowest BCUT2D eigenvalue weighted by molar-refractivity contribution is -0.141. The average molecular weight is 222 g/mol. The van der Waals surface area contributed by atoms with Crippen LogP contribution >= 0.6 is 0 Å². The number of carbonyl (C=O) groups excluding carboxylic acids is 1. The summed E-state index contributed by atoms with van der Waals surface area (Å²) >= 11 is 0. The Hall–Kier alpha value is -1.71. The highest BCUT2D eigenvalue weighted by Crippen LogP contribution is 2.35. The predicted molar refractivity (Wildman–Crippen MR) is 57.6 cm³/mol. The molecule has 1 aromatic rings. The van der Waals surface area contributed by atoms with Gasteiger partial charge in [-0.3, -0.25) is 4.79 Å². The quantitative estimate of drug-likeness (QED) is 0.734. The molecule has 0 radical (unpaired) electrons. The van der Waals surface area contributed by atoms with Gasteiger partial charge >= 0.3 is 5.97 Å². The van der Waals surface area contributed by atoms with E-state index < -0.39 is 0 Å². The van der Waals surface area contributed by atoms with Gasteiger partial charge in [-0.25, -0.2) is 0 Å². The van der Waals surface area contributed by atoms with Crippen molar-refractivity contribution >= 4 is 5.97 Å². The zero-order chi connectivity index (χ0) is 11.5. The second-order valence-corrected chi connectivity index (χ2v) is 3.63. The van der Waals surface area contributed by atoms with Gasteiger partial charge in [0.2, 0.25) is 0 Å². The van der Waals surface area contributed by atoms with E-state index in [0.29, 0.717) is 17.9 Å². The highest BCUT2D eigenvalue weighted by atomic mass is 16.5. The summed E-state index contributed by atoms with van der Waals surface area (Å²) in [5.41, 5.74) is 0.948. The number of hydrogen-bond donors (Lipinski definition) is 0. The van der Waals surface area contributed by atoms with Crippen LogP contribution in [0.1, 0.15) is 24.5 Å². The molecule has 4 heteroatoms. The number of carbonyl (C=O) groups is 1. The first-order valence-corrected chi connectivity index (χ1v) is 5.16. The van der Waals surface area contributed by atoms with Gasteiger partial charge < -0.3 is 14.2 Å². The van der Waals surface area contributed by atoms with Gasteiger partial charge in [0.05, 0.1) is 14.2 Å². The molecule has 0 aliphatic carbocycles. The zero-order valence-corrected chi connectivity index (χ0v) is 9.36. The molecule has 0 N–H and O–H groups in total. The maximum atomic E-state index is 11.0. The van der Waals surface area contributed by atoms with E-state index in [4.69, 9.17) is 14.2 Å². The van der Waals surface area contributed by atoms with Crippen molar-refractivity contribution in [2.24, 2.45) is 0 Å². The highest BCUT2D eigenvalue weighted by molar-refractivity contribution is 5.71. The first kappa shape index (κ1) is 10.8. The molecule has 1 aliphatic heterocycles. The van der Waals surface area contributed by atoms with E-state index in [1.165, 1.54) is 0 Å². The van der Waals surface area contributed by atoms with Crippen molar-refractivity contribution in [1.82, 2.24) is 0 Å². The molecule has 1 aromatic carbocycles. The van der Waals surface area contributed by atoms with Crippen LogP contribution in [0.4, 0.5) is 0 Å². The van der Waals surface area contributed by atoms with Crippen molar-refractivity contribution < 1.29 is 19.0 Å². The highest BCUT2D eigenvalue weighted by Gasteiger charge is 2.25.